The maximum atomic E-state index is 12.2. The van der Waals surface area contributed by atoms with Crippen molar-refractivity contribution in [3.8, 4) is 6.19 Å². The molecule has 1 amide bonds. The molecule has 0 atom stereocenters. The Morgan fingerprint density at radius 1 is 1.33 bits per heavy atom. The SMILES string of the molecule is N#CNC(=O)c1cc2nc(Cc3ccc(Cl)c(Cl)c3)[nH]c(=O)c2s1. The molecule has 2 heterocycles. The number of aromatic amines is 1. The predicted molar refractivity (Wildman–Crippen MR) is 92.6 cm³/mol. The van der Waals surface area contributed by atoms with Gasteiger partial charge in [-0.05, 0) is 23.8 Å². The van der Waals surface area contributed by atoms with Crippen LogP contribution in [0.2, 0.25) is 10.0 Å². The summed E-state index contributed by atoms with van der Waals surface area (Å²) in [6, 6.07) is 6.65. The lowest BCUT2D eigenvalue weighted by atomic mass is 10.1. The zero-order valence-corrected chi connectivity index (χ0v) is 14.2. The molecule has 0 saturated heterocycles. The lowest BCUT2D eigenvalue weighted by Gasteiger charge is -2.03. The van der Waals surface area contributed by atoms with E-state index >= 15 is 0 Å². The smallest absolute Gasteiger partial charge is 0.274 e. The van der Waals surface area contributed by atoms with Crippen LogP contribution >= 0.6 is 34.5 Å². The number of rotatable bonds is 3. The number of nitrogens with one attached hydrogen (secondary N) is 2. The Kier molecular flexibility index (Phi) is 4.53. The number of fused-ring (bicyclic) bond motifs is 1. The minimum absolute atomic E-state index is 0.247. The van der Waals surface area contributed by atoms with E-state index in [2.05, 4.69) is 9.97 Å². The maximum absolute atomic E-state index is 12.2. The predicted octanol–water partition coefficient (Wildman–Crippen LogP) is 3.09. The fraction of sp³-hybridized carbons (Fsp3) is 0.0667. The van der Waals surface area contributed by atoms with E-state index < -0.39 is 5.91 Å². The van der Waals surface area contributed by atoms with Gasteiger partial charge in [0, 0.05) is 6.42 Å². The Hall–Kier alpha value is -2.40. The molecule has 0 radical (unpaired) electrons. The molecule has 0 unspecified atom stereocenters. The molecular weight excluding hydrogens is 371 g/mol. The van der Waals surface area contributed by atoms with Gasteiger partial charge in [0.2, 0.25) is 0 Å². The van der Waals surface area contributed by atoms with Crippen LogP contribution in [0.3, 0.4) is 0 Å². The summed E-state index contributed by atoms with van der Waals surface area (Å²) in [6.07, 6.45) is 1.92. The number of carbonyl (C=O) groups excluding carboxylic acids is 1. The second-order valence-electron chi connectivity index (χ2n) is 4.83. The molecule has 6 nitrogen and oxygen atoms in total. The first-order valence-corrected chi connectivity index (χ1v) is 8.21. The van der Waals surface area contributed by atoms with E-state index in [9.17, 15) is 9.59 Å². The van der Waals surface area contributed by atoms with Crippen molar-refractivity contribution < 1.29 is 4.79 Å². The maximum Gasteiger partial charge on any atom is 0.274 e. The molecule has 0 saturated carbocycles. The van der Waals surface area contributed by atoms with E-state index in [0.717, 1.165) is 16.9 Å². The number of H-pyrrole nitrogens is 1. The van der Waals surface area contributed by atoms with Crippen LogP contribution < -0.4 is 10.9 Å². The minimum atomic E-state index is -0.564. The van der Waals surface area contributed by atoms with E-state index in [1.54, 1.807) is 24.4 Å². The van der Waals surface area contributed by atoms with Gasteiger partial charge in [0.05, 0.1) is 20.4 Å². The minimum Gasteiger partial charge on any atom is -0.309 e. The van der Waals surface area contributed by atoms with Crippen LogP contribution in [-0.2, 0) is 6.42 Å². The van der Waals surface area contributed by atoms with Gasteiger partial charge < -0.3 is 4.98 Å². The van der Waals surface area contributed by atoms with E-state index in [1.165, 1.54) is 6.07 Å². The average Bonchev–Trinajstić information content (AvgIpc) is 2.96. The van der Waals surface area contributed by atoms with E-state index in [-0.39, 0.29) is 10.4 Å². The van der Waals surface area contributed by atoms with Gasteiger partial charge in [-0.25, -0.2) is 4.98 Å². The van der Waals surface area contributed by atoms with Crippen molar-refractivity contribution in [1.82, 2.24) is 15.3 Å². The Bertz CT molecular complexity index is 1050. The molecule has 0 bridgehead atoms. The highest BCUT2D eigenvalue weighted by atomic mass is 35.5. The zero-order valence-electron chi connectivity index (χ0n) is 11.9. The fourth-order valence-electron chi connectivity index (χ4n) is 2.14. The number of aromatic nitrogens is 2. The summed E-state index contributed by atoms with van der Waals surface area (Å²) in [7, 11) is 0. The van der Waals surface area contributed by atoms with Gasteiger partial charge in [-0.2, -0.15) is 5.26 Å². The normalized spacial score (nSPS) is 10.5. The summed E-state index contributed by atoms with van der Waals surface area (Å²) in [4.78, 5) is 31.2. The number of nitrogens with zero attached hydrogens (tertiary/aromatic N) is 2. The Morgan fingerprint density at radius 2 is 2.12 bits per heavy atom. The summed E-state index contributed by atoms with van der Waals surface area (Å²) in [5.74, 6) is -0.123. The monoisotopic (exact) mass is 378 g/mol. The summed E-state index contributed by atoms with van der Waals surface area (Å²) in [5.41, 5.74) is 0.905. The molecule has 2 N–H and O–H groups in total. The first kappa shape index (κ1) is 16.5. The fourth-order valence-corrected chi connectivity index (χ4v) is 3.35. The largest absolute Gasteiger partial charge is 0.309 e. The number of thiophene rings is 1. The number of amides is 1. The second kappa shape index (κ2) is 6.61. The number of hydrogen-bond donors (Lipinski definition) is 2. The van der Waals surface area contributed by atoms with Crippen molar-refractivity contribution in [2.75, 3.05) is 0 Å². The first-order valence-electron chi connectivity index (χ1n) is 6.64. The van der Waals surface area contributed by atoms with Crippen molar-refractivity contribution >= 4 is 50.7 Å². The Labute approximate surface area is 149 Å². The second-order valence-corrected chi connectivity index (χ2v) is 6.70. The van der Waals surface area contributed by atoms with Crippen LogP contribution in [0, 0.1) is 11.5 Å². The number of carbonyl (C=O) groups is 1. The van der Waals surface area contributed by atoms with Gasteiger partial charge in [-0.15, -0.1) is 11.3 Å². The van der Waals surface area contributed by atoms with E-state index in [1.807, 2.05) is 5.32 Å². The summed E-state index contributed by atoms with van der Waals surface area (Å²) in [5, 5.41) is 11.4. The number of halogens is 2. The average molecular weight is 379 g/mol. The molecule has 0 fully saturated rings. The highest BCUT2D eigenvalue weighted by Crippen LogP contribution is 2.24. The molecule has 0 aliphatic heterocycles. The van der Waals surface area contributed by atoms with Crippen molar-refractivity contribution in [3.05, 3.63) is 60.9 Å². The molecule has 120 valence electrons. The Morgan fingerprint density at radius 3 is 2.83 bits per heavy atom. The topological polar surface area (TPSA) is 98.6 Å². The number of benzene rings is 1. The van der Waals surface area contributed by atoms with Gasteiger partial charge in [-0.1, -0.05) is 29.3 Å². The van der Waals surface area contributed by atoms with Crippen LogP contribution in [0.4, 0.5) is 0 Å². The van der Waals surface area contributed by atoms with Gasteiger partial charge in [0.1, 0.15) is 10.5 Å². The molecule has 1 aromatic carbocycles. The Balaban J connectivity index is 1.98. The molecule has 3 aromatic rings. The molecule has 2 aromatic heterocycles. The molecule has 0 spiro atoms. The standard InChI is InChI=1S/C15H8Cl2N4O2S/c16-8-2-1-7(3-9(8)17)4-12-20-10-5-11(14(22)19-6-18)24-13(10)15(23)21-12/h1-3,5H,4H2,(H,19,22)(H,20,21,23). The van der Waals surface area contributed by atoms with Crippen molar-refractivity contribution in [2.24, 2.45) is 0 Å². The molecule has 0 aliphatic carbocycles. The third-order valence-corrected chi connectivity index (χ3v) is 5.04. The van der Waals surface area contributed by atoms with Crippen LogP contribution in [0.25, 0.3) is 10.2 Å². The van der Waals surface area contributed by atoms with Crippen LogP contribution in [-0.4, -0.2) is 15.9 Å². The number of nitriles is 1. The van der Waals surface area contributed by atoms with E-state index in [4.69, 9.17) is 28.5 Å². The summed E-state index contributed by atoms with van der Waals surface area (Å²) in [6.45, 7) is 0. The molecule has 9 heteroatoms. The highest BCUT2D eigenvalue weighted by Gasteiger charge is 2.14. The zero-order chi connectivity index (χ0) is 17.3. The van der Waals surface area contributed by atoms with Crippen molar-refractivity contribution in [3.63, 3.8) is 0 Å². The third-order valence-electron chi connectivity index (χ3n) is 3.18. The lowest BCUT2D eigenvalue weighted by molar-refractivity contribution is 0.0977. The lowest BCUT2D eigenvalue weighted by Crippen LogP contribution is -2.15. The molecular formula is C15H8Cl2N4O2S. The molecule has 0 aliphatic rings. The summed E-state index contributed by atoms with van der Waals surface area (Å²) >= 11 is 12.8. The van der Waals surface area contributed by atoms with Crippen LogP contribution in [0.15, 0.2) is 29.1 Å². The summed E-state index contributed by atoms with van der Waals surface area (Å²) < 4.78 is 0.330. The number of hydrogen-bond acceptors (Lipinski definition) is 5. The third kappa shape index (κ3) is 3.26. The van der Waals surface area contributed by atoms with E-state index in [0.29, 0.717) is 32.5 Å². The van der Waals surface area contributed by atoms with Crippen molar-refractivity contribution in [1.29, 1.82) is 5.26 Å². The van der Waals surface area contributed by atoms with Crippen LogP contribution in [0.1, 0.15) is 21.1 Å². The highest BCUT2D eigenvalue weighted by molar-refractivity contribution is 7.20. The van der Waals surface area contributed by atoms with Gasteiger partial charge in [0.15, 0.2) is 6.19 Å². The first-order chi connectivity index (χ1) is 11.5. The van der Waals surface area contributed by atoms with Crippen molar-refractivity contribution in [2.45, 2.75) is 6.42 Å². The van der Waals surface area contributed by atoms with Gasteiger partial charge in [-0.3, -0.25) is 14.9 Å². The van der Waals surface area contributed by atoms with Gasteiger partial charge >= 0.3 is 0 Å². The quantitative estimate of drug-likeness (QED) is 0.540. The molecule has 24 heavy (non-hydrogen) atoms. The van der Waals surface area contributed by atoms with Gasteiger partial charge in [0.25, 0.3) is 11.5 Å². The molecule has 3 rings (SSSR count). The van der Waals surface area contributed by atoms with Crippen LogP contribution in [0.5, 0.6) is 0 Å².